The summed E-state index contributed by atoms with van der Waals surface area (Å²) in [6.07, 6.45) is 5.56. The van der Waals surface area contributed by atoms with Crippen molar-refractivity contribution < 1.29 is 9.13 Å². The zero-order valence-corrected chi connectivity index (χ0v) is 16.6. The van der Waals surface area contributed by atoms with Crippen LogP contribution in [0, 0.1) is 5.82 Å². The summed E-state index contributed by atoms with van der Waals surface area (Å²) in [5.41, 5.74) is 8.02. The van der Waals surface area contributed by atoms with Gasteiger partial charge in [-0.2, -0.15) is 9.97 Å². The lowest BCUT2D eigenvalue weighted by atomic mass is 10.2. The fourth-order valence-corrected chi connectivity index (χ4v) is 3.40. The molecule has 1 fully saturated rings. The Kier molecular flexibility index (Phi) is 4.97. The van der Waals surface area contributed by atoms with E-state index in [2.05, 4.69) is 30.5 Å². The number of nitrogens with zero attached hydrogens (tertiary/aromatic N) is 5. The molecule has 1 saturated heterocycles. The quantitative estimate of drug-likeness (QED) is 0.423. The van der Waals surface area contributed by atoms with Gasteiger partial charge in [-0.1, -0.05) is 0 Å². The summed E-state index contributed by atoms with van der Waals surface area (Å²) < 4.78 is 20.9. The molecule has 0 aliphatic carbocycles. The van der Waals surface area contributed by atoms with E-state index in [0.29, 0.717) is 30.7 Å². The third-order valence-corrected chi connectivity index (χ3v) is 4.97. The standard InChI is InChI=1S/C21H21FN8O/c22-16-2-1-14(11-17(16)23)26-21-27-18(13-20(28-21)30-7-9-31-10-8-30)25-15-3-5-29-6-4-24-19(29)12-15/h1-6,11-13H,7-10,23H2,(H2,25,26,27,28). The number of nitrogen functional groups attached to an aromatic ring is 1. The van der Waals surface area contributed by atoms with Gasteiger partial charge in [-0.25, -0.2) is 9.37 Å². The molecule has 1 aliphatic rings. The number of rotatable bonds is 5. The number of nitrogens with two attached hydrogens (primary N) is 1. The second-order valence-electron chi connectivity index (χ2n) is 7.13. The maximum Gasteiger partial charge on any atom is 0.231 e. The Bertz CT molecular complexity index is 1220. The van der Waals surface area contributed by atoms with E-state index < -0.39 is 5.82 Å². The van der Waals surface area contributed by atoms with Crippen LogP contribution < -0.4 is 21.3 Å². The summed E-state index contributed by atoms with van der Waals surface area (Å²) in [5, 5.41) is 6.44. The molecular weight excluding hydrogens is 399 g/mol. The van der Waals surface area contributed by atoms with Crippen LogP contribution in [0.4, 0.5) is 39.0 Å². The number of anilines is 6. The number of aromatic nitrogens is 4. The molecule has 4 heterocycles. The SMILES string of the molecule is Nc1cc(Nc2nc(Nc3ccn4ccnc4c3)cc(N3CCOCC3)n2)ccc1F. The van der Waals surface area contributed by atoms with Gasteiger partial charge in [0, 0.05) is 55.2 Å². The molecule has 0 saturated carbocycles. The zero-order valence-electron chi connectivity index (χ0n) is 16.6. The van der Waals surface area contributed by atoms with E-state index in [1.165, 1.54) is 12.1 Å². The molecule has 0 amide bonds. The number of nitrogens with one attached hydrogen (secondary N) is 2. The highest BCUT2D eigenvalue weighted by atomic mass is 19.1. The number of pyridine rings is 1. The van der Waals surface area contributed by atoms with Crippen LogP contribution >= 0.6 is 0 Å². The lowest BCUT2D eigenvalue weighted by molar-refractivity contribution is 0.122. The van der Waals surface area contributed by atoms with E-state index in [-0.39, 0.29) is 5.69 Å². The minimum Gasteiger partial charge on any atom is -0.396 e. The van der Waals surface area contributed by atoms with Crippen LogP contribution in [0.3, 0.4) is 0 Å². The van der Waals surface area contributed by atoms with E-state index in [1.807, 2.05) is 35.0 Å². The Morgan fingerprint density at radius 1 is 0.968 bits per heavy atom. The number of hydrogen-bond donors (Lipinski definition) is 3. The molecule has 1 aromatic carbocycles. The van der Waals surface area contributed by atoms with Crippen molar-refractivity contribution >= 4 is 40.3 Å². The molecule has 31 heavy (non-hydrogen) atoms. The topological polar surface area (TPSA) is 106 Å². The molecule has 158 valence electrons. The van der Waals surface area contributed by atoms with Crippen molar-refractivity contribution in [2.75, 3.05) is 47.6 Å². The van der Waals surface area contributed by atoms with Crippen molar-refractivity contribution in [2.45, 2.75) is 0 Å². The van der Waals surface area contributed by atoms with Gasteiger partial charge >= 0.3 is 0 Å². The van der Waals surface area contributed by atoms with Gasteiger partial charge in [-0.3, -0.25) is 0 Å². The van der Waals surface area contributed by atoms with Crippen LogP contribution in [0.15, 0.2) is 55.0 Å². The van der Waals surface area contributed by atoms with Crippen molar-refractivity contribution in [3.8, 4) is 0 Å². The molecule has 0 unspecified atom stereocenters. The van der Waals surface area contributed by atoms with Crippen LogP contribution in [-0.4, -0.2) is 45.7 Å². The van der Waals surface area contributed by atoms with Crippen molar-refractivity contribution in [2.24, 2.45) is 0 Å². The largest absolute Gasteiger partial charge is 0.396 e. The van der Waals surface area contributed by atoms with E-state index in [1.54, 1.807) is 12.3 Å². The summed E-state index contributed by atoms with van der Waals surface area (Å²) in [6.45, 7) is 2.75. The van der Waals surface area contributed by atoms with Crippen molar-refractivity contribution in [1.82, 2.24) is 19.4 Å². The van der Waals surface area contributed by atoms with E-state index in [0.717, 1.165) is 30.2 Å². The molecule has 4 N–H and O–H groups in total. The van der Waals surface area contributed by atoms with Crippen LogP contribution in [0.1, 0.15) is 0 Å². The van der Waals surface area contributed by atoms with Crippen molar-refractivity contribution in [3.63, 3.8) is 0 Å². The summed E-state index contributed by atoms with van der Waals surface area (Å²) in [7, 11) is 0. The van der Waals surface area contributed by atoms with E-state index >= 15 is 0 Å². The van der Waals surface area contributed by atoms with Gasteiger partial charge in [0.25, 0.3) is 0 Å². The predicted molar refractivity (Wildman–Crippen MR) is 118 cm³/mol. The third-order valence-electron chi connectivity index (χ3n) is 4.97. The molecule has 0 spiro atoms. The second-order valence-corrected chi connectivity index (χ2v) is 7.13. The lowest BCUT2D eigenvalue weighted by Crippen LogP contribution is -2.36. The second kappa shape index (κ2) is 8.07. The number of imidazole rings is 1. The predicted octanol–water partition coefficient (Wildman–Crippen LogP) is 3.17. The van der Waals surface area contributed by atoms with Crippen LogP contribution in [0.2, 0.25) is 0 Å². The molecule has 5 rings (SSSR count). The smallest absolute Gasteiger partial charge is 0.231 e. The number of halogens is 1. The Morgan fingerprint density at radius 3 is 2.65 bits per heavy atom. The first-order valence-electron chi connectivity index (χ1n) is 9.88. The average molecular weight is 420 g/mol. The van der Waals surface area contributed by atoms with Crippen molar-refractivity contribution in [1.29, 1.82) is 0 Å². The summed E-state index contributed by atoms with van der Waals surface area (Å²) in [6, 6.07) is 10.2. The van der Waals surface area contributed by atoms with Gasteiger partial charge in [0.2, 0.25) is 5.95 Å². The van der Waals surface area contributed by atoms with Gasteiger partial charge in [0.15, 0.2) is 0 Å². The van der Waals surface area contributed by atoms with Gasteiger partial charge < -0.3 is 30.4 Å². The van der Waals surface area contributed by atoms with Gasteiger partial charge in [0.05, 0.1) is 18.9 Å². The van der Waals surface area contributed by atoms with Gasteiger partial charge in [0.1, 0.15) is 23.1 Å². The first kappa shape index (κ1) is 19.1. The third kappa shape index (κ3) is 4.19. The molecule has 1 aliphatic heterocycles. The van der Waals surface area contributed by atoms with Gasteiger partial charge in [-0.05, 0) is 24.3 Å². The highest BCUT2D eigenvalue weighted by molar-refractivity contribution is 5.67. The monoisotopic (exact) mass is 420 g/mol. The van der Waals surface area contributed by atoms with Crippen molar-refractivity contribution in [3.05, 3.63) is 60.8 Å². The Labute approximate surface area is 177 Å². The first-order chi connectivity index (χ1) is 15.1. The maximum absolute atomic E-state index is 13.5. The number of ether oxygens (including phenoxy) is 1. The molecular formula is C21H21FN8O. The van der Waals surface area contributed by atoms with Gasteiger partial charge in [-0.15, -0.1) is 0 Å². The van der Waals surface area contributed by atoms with Crippen LogP contribution in [-0.2, 0) is 4.74 Å². The molecule has 4 aromatic rings. The minimum absolute atomic E-state index is 0.0562. The number of benzene rings is 1. The molecule has 10 heteroatoms. The first-order valence-corrected chi connectivity index (χ1v) is 9.88. The lowest BCUT2D eigenvalue weighted by Gasteiger charge is -2.28. The number of morpholine rings is 1. The Hall–Kier alpha value is -3.92. The van der Waals surface area contributed by atoms with E-state index in [9.17, 15) is 4.39 Å². The fourth-order valence-electron chi connectivity index (χ4n) is 3.40. The van der Waals surface area contributed by atoms with Crippen LogP contribution in [0.25, 0.3) is 5.65 Å². The minimum atomic E-state index is -0.467. The summed E-state index contributed by atoms with van der Waals surface area (Å²) >= 11 is 0. The summed E-state index contributed by atoms with van der Waals surface area (Å²) in [4.78, 5) is 15.7. The normalized spacial score (nSPS) is 14.0. The molecule has 9 nitrogen and oxygen atoms in total. The highest BCUT2D eigenvalue weighted by Crippen LogP contribution is 2.25. The molecule has 0 radical (unpaired) electrons. The molecule has 3 aromatic heterocycles. The fraction of sp³-hybridized carbons (Fsp3) is 0.190. The average Bonchev–Trinajstić information content (AvgIpc) is 3.25. The zero-order chi connectivity index (χ0) is 21.2. The summed E-state index contributed by atoms with van der Waals surface area (Å²) in [5.74, 6) is 1.29. The Balaban J connectivity index is 1.47. The molecule has 0 bridgehead atoms. The van der Waals surface area contributed by atoms with E-state index in [4.69, 9.17) is 10.5 Å². The highest BCUT2D eigenvalue weighted by Gasteiger charge is 2.16. The number of fused-ring (bicyclic) bond motifs is 1. The Morgan fingerprint density at radius 2 is 1.81 bits per heavy atom. The maximum atomic E-state index is 13.5. The molecule has 0 atom stereocenters. The number of hydrogen-bond acceptors (Lipinski definition) is 8. The van der Waals surface area contributed by atoms with Crippen LogP contribution in [0.5, 0.6) is 0 Å².